The molecule has 0 atom stereocenters. The standard InChI is InChI=1S/C10H10N2O4/c1-7(14)11(2)9-4-3-8(6-13)5-10(9)12(15)16/h3-6H,1-2H3. The lowest BCUT2D eigenvalue weighted by Crippen LogP contribution is -2.23. The maximum atomic E-state index is 11.1. The molecule has 0 saturated carbocycles. The van der Waals surface area contributed by atoms with Gasteiger partial charge in [-0.2, -0.15) is 0 Å². The summed E-state index contributed by atoms with van der Waals surface area (Å²) in [6.07, 6.45) is 0.518. The smallest absolute Gasteiger partial charge is 0.293 e. The van der Waals surface area contributed by atoms with Gasteiger partial charge < -0.3 is 4.90 Å². The molecule has 1 aromatic rings. The highest BCUT2D eigenvalue weighted by Crippen LogP contribution is 2.27. The van der Waals surface area contributed by atoms with Crippen LogP contribution >= 0.6 is 0 Å². The fraction of sp³-hybridized carbons (Fsp3) is 0.200. The van der Waals surface area contributed by atoms with E-state index in [4.69, 9.17) is 0 Å². The van der Waals surface area contributed by atoms with E-state index in [1.165, 1.54) is 26.1 Å². The van der Waals surface area contributed by atoms with Gasteiger partial charge in [-0.3, -0.25) is 19.7 Å². The molecule has 0 spiro atoms. The summed E-state index contributed by atoms with van der Waals surface area (Å²) in [6.45, 7) is 1.30. The highest BCUT2D eigenvalue weighted by molar-refractivity contribution is 5.94. The number of nitro groups is 1. The molecule has 1 amide bonds. The van der Waals surface area contributed by atoms with Gasteiger partial charge in [0.1, 0.15) is 12.0 Å². The fourth-order valence-corrected chi connectivity index (χ4v) is 1.21. The van der Waals surface area contributed by atoms with Crippen LogP contribution in [-0.2, 0) is 4.79 Å². The molecule has 0 bridgehead atoms. The summed E-state index contributed by atoms with van der Waals surface area (Å²) in [5.41, 5.74) is 0.109. The van der Waals surface area contributed by atoms with E-state index in [0.29, 0.717) is 6.29 Å². The van der Waals surface area contributed by atoms with Crippen LogP contribution in [0.25, 0.3) is 0 Å². The monoisotopic (exact) mass is 222 g/mol. The first-order valence-electron chi connectivity index (χ1n) is 4.45. The quantitative estimate of drug-likeness (QED) is 0.439. The lowest BCUT2D eigenvalue weighted by Gasteiger charge is -2.14. The van der Waals surface area contributed by atoms with Gasteiger partial charge in [0.2, 0.25) is 5.91 Å². The van der Waals surface area contributed by atoms with Gasteiger partial charge in [0.05, 0.1) is 4.92 Å². The molecular weight excluding hydrogens is 212 g/mol. The molecule has 0 aliphatic carbocycles. The third-order valence-electron chi connectivity index (χ3n) is 2.17. The van der Waals surface area contributed by atoms with Crippen LogP contribution in [-0.4, -0.2) is 24.2 Å². The number of nitrogens with zero attached hydrogens (tertiary/aromatic N) is 2. The van der Waals surface area contributed by atoms with Crippen LogP contribution in [0.2, 0.25) is 0 Å². The number of benzene rings is 1. The van der Waals surface area contributed by atoms with Crippen LogP contribution in [0.5, 0.6) is 0 Å². The summed E-state index contributed by atoms with van der Waals surface area (Å²) in [5, 5.41) is 10.8. The number of hydrogen-bond donors (Lipinski definition) is 0. The molecule has 1 aromatic carbocycles. The Morgan fingerprint density at radius 3 is 2.56 bits per heavy atom. The number of carbonyl (C=O) groups is 2. The van der Waals surface area contributed by atoms with E-state index in [2.05, 4.69) is 0 Å². The summed E-state index contributed by atoms with van der Waals surface area (Å²) in [7, 11) is 1.44. The predicted molar refractivity (Wildman–Crippen MR) is 57.6 cm³/mol. The van der Waals surface area contributed by atoms with Gasteiger partial charge in [0, 0.05) is 25.6 Å². The van der Waals surface area contributed by atoms with Crippen molar-refractivity contribution >= 4 is 23.6 Å². The first-order chi connectivity index (χ1) is 7.47. The van der Waals surface area contributed by atoms with Crippen molar-refractivity contribution in [2.24, 2.45) is 0 Å². The number of anilines is 1. The molecule has 0 unspecified atom stereocenters. The lowest BCUT2D eigenvalue weighted by atomic mass is 10.2. The normalized spacial score (nSPS) is 9.62. The summed E-state index contributed by atoms with van der Waals surface area (Å²) in [6, 6.07) is 3.94. The van der Waals surface area contributed by atoms with Crippen molar-refractivity contribution in [1.82, 2.24) is 0 Å². The first-order valence-corrected chi connectivity index (χ1v) is 4.45. The van der Waals surface area contributed by atoms with Gasteiger partial charge in [-0.05, 0) is 12.1 Å². The summed E-state index contributed by atoms with van der Waals surface area (Å²) in [5.74, 6) is -0.318. The van der Waals surface area contributed by atoms with E-state index >= 15 is 0 Å². The molecule has 0 aliphatic rings. The molecule has 0 fully saturated rings. The van der Waals surface area contributed by atoms with Gasteiger partial charge in [-0.15, -0.1) is 0 Å². The molecule has 1 rings (SSSR count). The number of aldehydes is 1. The van der Waals surface area contributed by atoms with Crippen molar-refractivity contribution in [3.63, 3.8) is 0 Å². The van der Waals surface area contributed by atoms with Crippen LogP contribution in [0, 0.1) is 10.1 Å². The van der Waals surface area contributed by atoms with Gasteiger partial charge in [0.15, 0.2) is 0 Å². The summed E-state index contributed by atoms with van der Waals surface area (Å²) in [4.78, 5) is 32.9. The Balaban J connectivity index is 3.33. The molecule has 84 valence electrons. The second-order valence-electron chi connectivity index (χ2n) is 3.20. The maximum absolute atomic E-state index is 11.1. The van der Waals surface area contributed by atoms with Crippen molar-refractivity contribution in [2.45, 2.75) is 6.92 Å². The Kier molecular flexibility index (Phi) is 3.34. The van der Waals surface area contributed by atoms with Crippen molar-refractivity contribution in [1.29, 1.82) is 0 Å². The van der Waals surface area contributed by atoms with E-state index in [-0.39, 0.29) is 22.8 Å². The van der Waals surface area contributed by atoms with Gasteiger partial charge in [0.25, 0.3) is 5.69 Å². The van der Waals surface area contributed by atoms with Crippen molar-refractivity contribution in [3.8, 4) is 0 Å². The highest BCUT2D eigenvalue weighted by atomic mass is 16.6. The van der Waals surface area contributed by atoms with Gasteiger partial charge in [-0.1, -0.05) is 0 Å². The zero-order valence-corrected chi connectivity index (χ0v) is 8.84. The molecule has 6 nitrogen and oxygen atoms in total. The molecule has 0 heterocycles. The van der Waals surface area contributed by atoms with E-state index in [1.807, 2.05) is 0 Å². The van der Waals surface area contributed by atoms with Crippen LogP contribution in [0.3, 0.4) is 0 Å². The Hall–Kier alpha value is -2.24. The third kappa shape index (κ3) is 2.22. The van der Waals surface area contributed by atoms with Crippen LogP contribution in [0.4, 0.5) is 11.4 Å². The molecule has 0 aromatic heterocycles. The zero-order valence-electron chi connectivity index (χ0n) is 8.84. The molecule has 6 heteroatoms. The number of amides is 1. The summed E-state index contributed by atoms with van der Waals surface area (Å²) < 4.78 is 0. The molecule has 0 saturated heterocycles. The third-order valence-corrected chi connectivity index (χ3v) is 2.17. The Morgan fingerprint density at radius 1 is 1.50 bits per heavy atom. The first kappa shape index (κ1) is 11.8. The molecule has 0 N–H and O–H groups in total. The van der Waals surface area contributed by atoms with E-state index in [1.54, 1.807) is 0 Å². The van der Waals surface area contributed by atoms with E-state index in [9.17, 15) is 19.7 Å². The van der Waals surface area contributed by atoms with Crippen LogP contribution in [0.15, 0.2) is 18.2 Å². The average molecular weight is 222 g/mol. The largest absolute Gasteiger partial charge is 0.310 e. The van der Waals surface area contributed by atoms with Gasteiger partial charge in [-0.25, -0.2) is 0 Å². The molecule has 16 heavy (non-hydrogen) atoms. The van der Waals surface area contributed by atoms with Gasteiger partial charge >= 0.3 is 0 Å². The van der Waals surface area contributed by atoms with Crippen molar-refractivity contribution in [3.05, 3.63) is 33.9 Å². The molecular formula is C10H10N2O4. The molecule has 0 aliphatic heterocycles. The van der Waals surface area contributed by atoms with E-state index < -0.39 is 4.92 Å². The lowest BCUT2D eigenvalue weighted by molar-refractivity contribution is -0.384. The Bertz CT molecular complexity index is 456. The molecule has 0 radical (unpaired) electrons. The number of hydrogen-bond acceptors (Lipinski definition) is 4. The topological polar surface area (TPSA) is 80.5 Å². The minimum atomic E-state index is -0.623. The second-order valence-corrected chi connectivity index (χ2v) is 3.20. The second kappa shape index (κ2) is 4.52. The fourth-order valence-electron chi connectivity index (χ4n) is 1.21. The highest BCUT2D eigenvalue weighted by Gasteiger charge is 2.19. The SMILES string of the molecule is CC(=O)N(C)c1ccc(C=O)cc1[N+](=O)[O-]. The maximum Gasteiger partial charge on any atom is 0.293 e. The van der Waals surface area contributed by atoms with Crippen LogP contribution < -0.4 is 4.90 Å². The summed E-state index contributed by atoms with van der Waals surface area (Å²) >= 11 is 0. The minimum Gasteiger partial charge on any atom is -0.310 e. The Morgan fingerprint density at radius 2 is 2.12 bits per heavy atom. The van der Waals surface area contributed by atoms with Crippen LogP contribution in [0.1, 0.15) is 17.3 Å². The van der Waals surface area contributed by atoms with E-state index in [0.717, 1.165) is 11.0 Å². The zero-order chi connectivity index (χ0) is 12.3. The average Bonchev–Trinajstić information content (AvgIpc) is 2.26. The number of rotatable bonds is 3. The van der Waals surface area contributed by atoms with Crippen molar-refractivity contribution in [2.75, 3.05) is 11.9 Å². The predicted octanol–water partition coefficient (Wildman–Crippen LogP) is 1.39. The number of carbonyl (C=O) groups excluding carboxylic acids is 2. The number of nitro benzene ring substituents is 1. The van der Waals surface area contributed by atoms with Crippen molar-refractivity contribution < 1.29 is 14.5 Å². The Labute approximate surface area is 91.6 Å². The minimum absolute atomic E-state index is 0.170.